The predicted molar refractivity (Wildman–Crippen MR) is 210 cm³/mol. The van der Waals surface area contributed by atoms with Gasteiger partial charge in [-0.3, -0.25) is 4.79 Å². The summed E-state index contributed by atoms with van der Waals surface area (Å²) in [4.78, 5) is 12.4. The first-order valence-corrected chi connectivity index (χ1v) is 21.2. The van der Waals surface area contributed by atoms with E-state index in [1.54, 1.807) is 0 Å². The van der Waals surface area contributed by atoms with E-state index in [9.17, 15) is 25.2 Å². The summed E-state index contributed by atoms with van der Waals surface area (Å²) in [6, 6.07) is -1.00. The molecular formula is C43H83NO5. The maximum absolute atomic E-state index is 12.4. The van der Waals surface area contributed by atoms with Crippen molar-refractivity contribution in [1.29, 1.82) is 0 Å². The average molecular weight is 694 g/mol. The number of unbranched alkanes of at least 4 members (excludes halogenated alkanes) is 25. The van der Waals surface area contributed by atoms with Crippen molar-refractivity contribution in [1.82, 2.24) is 5.32 Å². The third-order valence-electron chi connectivity index (χ3n) is 9.89. The minimum atomic E-state index is -1.28. The highest BCUT2D eigenvalue weighted by atomic mass is 16.3. The fourth-order valence-corrected chi connectivity index (χ4v) is 6.48. The topological polar surface area (TPSA) is 110 Å². The molecule has 6 heteroatoms. The molecule has 0 bridgehead atoms. The number of aliphatic hydroxyl groups is 4. The van der Waals surface area contributed by atoms with Crippen LogP contribution in [-0.4, -0.2) is 57.3 Å². The summed E-state index contributed by atoms with van der Waals surface area (Å²) in [5.41, 5.74) is 0. The van der Waals surface area contributed by atoms with Crippen LogP contribution in [0, 0.1) is 0 Å². The van der Waals surface area contributed by atoms with Crippen LogP contribution in [0.2, 0.25) is 0 Å². The van der Waals surface area contributed by atoms with Crippen molar-refractivity contribution in [2.24, 2.45) is 0 Å². The van der Waals surface area contributed by atoms with Crippen LogP contribution in [0.3, 0.4) is 0 Å². The van der Waals surface area contributed by atoms with Gasteiger partial charge in [0.25, 0.3) is 0 Å². The second-order valence-corrected chi connectivity index (χ2v) is 14.7. The average Bonchev–Trinajstić information content (AvgIpc) is 3.11. The van der Waals surface area contributed by atoms with E-state index in [0.717, 1.165) is 38.5 Å². The number of allylic oxidation sites excluding steroid dienone is 4. The van der Waals surface area contributed by atoms with E-state index >= 15 is 0 Å². The maximum atomic E-state index is 12.4. The van der Waals surface area contributed by atoms with Gasteiger partial charge in [0.05, 0.1) is 18.8 Å². The van der Waals surface area contributed by atoms with E-state index in [0.29, 0.717) is 19.3 Å². The van der Waals surface area contributed by atoms with Gasteiger partial charge in [0.15, 0.2) is 0 Å². The van der Waals surface area contributed by atoms with Crippen LogP contribution in [0.4, 0.5) is 0 Å². The van der Waals surface area contributed by atoms with Crippen LogP contribution in [0.5, 0.6) is 0 Å². The Morgan fingerprint density at radius 3 is 1.29 bits per heavy atom. The third kappa shape index (κ3) is 32.4. The molecule has 4 atom stereocenters. The number of amides is 1. The molecule has 0 heterocycles. The Balaban J connectivity index is 3.72. The maximum Gasteiger partial charge on any atom is 0.249 e. The fraction of sp³-hybridized carbons (Fsp3) is 0.884. The molecule has 290 valence electrons. The molecule has 0 aromatic carbocycles. The van der Waals surface area contributed by atoms with E-state index in [1.807, 2.05) is 0 Å². The Labute approximate surface area is 304 Å². The monoisotopic (exact) mass is 694 g/mol. The zero-order valence-electron chi connectivity index (χ0n) is 32.4. The Kier molecular flexibility index (Phi) is 37.1. The SMILES string of the molecule is CCCCCCCCCCCCCCCCCC/C=C/CC/C=C/CCCC(O)C(O)C(CO)NC(=O)C(O)CCCCCCCCCC. The van der Waals surface area contributed by atoms with Crippen LogP contribution >= 0.6 is 0 Å². The third-order valence-corrected chi connectivity index (χ3v) is 9.89. The van der Waals surface area contributed by atoms with Crippen molar-refractivity contribution < 1.29 is 25.2 Å². The first-order chi connectivity index (χ1) is 24.0. The predicted octanol–water partition coefficient (Wildman–Crippen LogP) is 10.8. The lowest BCUT2D eigenvalue weighted by atomic mass is 10.00. The van der Waals surface area contributed by atoms with Crippen molar-refractivity contribution in [2.75, 3.05) is 6.61 Å². The molecule has 6 nitrogen and oxygen atoms in total. The van der Waals surface area contributed by atoms with E-state index in [-0.39, 0.29) is 0 Å². The van der Waals surface area contributed by atoms with Gasteiger partial charge in [0.2, 0.25) is 5.91 Å². The molecule has 0 saturated carbocycles. The minimum absolute atomic E-state index is 0.360. The smallest absolute Gasteiger partial charge is 0.249 e. The van der Waals surface area contributed by atoms with Crippen molar-refractivity contribution in [3.63, 3.8) is 0 Å². The second kappa shape index (κ2) is 38.0. The van der Waals surface area contributed by atoms with Crippen molar-refractivity contribution in [3.8, 4) is 0 Å². The molecule has 0 aliphatic carbocycles. The van der Waals surface area contributed by atoms with Gasteiger partial charge < -0.3 is 25.7 Å². The molecule has 49 heavy (non-hydrogen) atoms. The van der Waals surface area contributed by atoms with Gasteiger partial charge in [-0.25, -0.2) is 0 Å². The van der Waals surface area contributed by atoms with Crippen LogP contribution in [-0.2, 0) is 4.79 Å². The number of rotatable bonds is 38. The van der Waals surface area contributed by atoms with Gasteiger partial charge in [-0.2, -0.15) is 0 Å². The van der Waals surface area contributed by atoms with Gasteiger partial charge in [-0.1, -0.05) is 186 Å². The van der Waals surface area contributed by atoms with Gasteiger partial charge in [-0.15, -0.1) is 0 Å². The van der Waals surface area contributed by atoms with Gasteiger partial charge in [-0.05, 0) is 51.4 Å². The van der Waals surface area contributed by atoms with E-state index < -0.39 is 36.9 Å². The number of hydrogen-bond donors (Lipinski definition) is 5. The quantitative estimate of drug-likeness (QED) is 0.0327. The van der Waals surface area contributed by atoms with E-state index in [4.69, 9.17) is 0 Å². The lowest BCUT2D eigenvalue weighted by Gasteiger charge is -2.27. The Morgan fingerprint density at radius 1 is 0.490 bits per heavy atom. The van der Waals surface area contributed by atoms with Crippen molar-refractivity contribution in [2.45, 2.75) is 237 Å². The molecule has 0 radical (unpaired) electrons. The highest BCUT2D eigenvalue weighted by Gasteiger charge is 2.28. The highest BCUT2D eigenvalue weighted by Crippen LogP contribution is 2.15. The van der Waals surface area contributed by atoms with Crippen molar-refractivity contribution in [3.05, 3.63) is 24.3 Å². The number of hydrogen-bond acceptors (Lipinski definition) is 5. The summed E-state index contributed by atoms with van der Waals surface area (Å²) in [6.07, 6.45) is 42.4. The van der Waals surface area contributed by atoms with Crippen LogP contribution in [0.25, 0.3) is 0 Å². The number of carbonyl (C=O) groups is 1. The Hall–Kier alpha value is -1.21. The van der Waals surface area contributed by atoms with Gasteiger partial charge >= 0.3 is 0 Å². The molecule has 0 aliphatic heterocycles. The number of nitrogens with one attached hydrogen (secondary N) is 1. The molecule has 4 unspecified atom stereocenters. The summed E-state index contributed by atoms with van der Waals surface area (Å²) in [5.74, 6) is -0.602. The van der Waals surface area contributed by atoms with Gasteiger partial charge in [0, 0.05) is 0 Å². The summed E-state index contributed by atoms with van der Waals surface area (Å²) in [7, 11) is 0. The largest absolute Gasteiger partial charge is 0.394 e. The molecule has 0 aliphatic rings. The van der Waals surface area contributed by atoms with Crippen LogP contribution < -0.4 is 5.32 Å². The first-order valence-electron chi connectivity index (χ1n) is 21.2. The molecule has 0 aromatic rings. The zero-order chi connectivity index (χ0) is 36.0. The van der Waals surface area contributed by atoms with Crippen LogP contribution in [0.15, 0.2) is 24.3 Å². The van der Waals surface area contributed by atoms with Crippen LogP contribution in [0.1, 0.15) is 213 Å². The summed E-state index contributed by atoms with van der Waals surface area (Å²) in [6.45, 7) is 3.99. The lowest BCUT2D eigenvalue weighted by Crippen LogP contribution is -2.53. The molecule has 0 fully saturated rings. The lowest BCUT2D eigenvalue weighted by molar-refractivity contribution is -0.132. The summed E-state index contributed by atoms with van der Waals surface area (Å²) in [5, 5.41) is 43.3. The molecule has 0 saturated heterocycles. The summed E-state index contributed by atoms with van der Waals surface area (Å²) >= 11 is 0. The molecule has 1 amide bonds. The second-order valence-electron chi connectivity index (χ2n) is 14.7. The fourth-order valence-electron chi connectivity index (χ4n) is 6.48. The molecule has 0 rings (SSSR count). The summed E-state index contributed by atoms with van der Waals surface area (Å²) < 4.78 is 0. The standard InChI is InChI=1S/C43H83NO5/c1-3-5-7-9-11-13-14-15-16-17-18-19-20-21-22-23-24-25-26-27-28-29-31-32-34-36-40(46)42(48)39(38-45)44-43(49)41(47)37-35-33-30-12-10-8-6-4-2/h25-26,29,31,39-42,45-48H,3-24,27-28,30,32-38H2,1-2H3,(H,44,49)/b26-25+,31-29+. The van der Waals surface area contributed by atoms with E-state index in [1.165, 1.54) is 141 Å². The normalized spacial score (nSPS) is 14.5. The molecular weight excluding hydrogens is 610 g/mol. The first kappa shape index (κ1) is 47.8. The Morgan fingerprint density at radius 2 is 0.857 bits per heavy atom. The molecule has 0 aromatic heterocycles. The zero-order valence-corrected chi connectivity index (χ0v) is 32.4. The highest BCUT2D eigenvalue weighted by molar-refractivity contribution is 5.80. The van der Waals surface area contributed by atoms with E-state index in [2.05, 4.69) is 43.5 Å². The van der Waals surface area contributed by atoms with Crippen molar-refractivity contribution >= 4 is 5.91 Å². The molecule has 0 spiro atoms. The number of carbonyl (C=O) groups excluding carboxylic acids is 1. The van der Waals surface area contributed by atoms with Gasteiger partial charge in [0.1, 0.15) is 12.2 Å². The Bertz CT molecular complexity index is 742. The minimum Gasteiger partial charge on any atom is -0.394 e. The number of aliphatic hydroxyl groups excluding tert-OH is 4. The molecule has 5 N–H and O–H groups in total.